The fourth-order valence-electron chi connectivity index (χ4n) is 5.70. The minimum Gasteiger partial charge on any atom is -0.495 e. The fourth-order valence-corrected chi connectivity index (χ4v) is 6.80. The quantitative estimate of drug-likeness (QED) is 0.234. The smallest absolute Gasteiger partial charge is 0.243 e. The van der Waals surface area contributed by atoms with E-state index in [0.29, 0.717) is 22.9 Å². The highest BCUT2D eigenvalue weighted by Crippen LogP contribution is 2.30. The molecule has 0 saturated heterocycles. The van der Waals surface area contributed by atoms with Crippen LogP contribution in [-0.2, 0) is 32.6 Å². The number of carbonyl (C=O) groups excluding carboxylic acids is 2. The Bertz CT molecular complexity index is 1480. The maximum absolute atomic E-state index is 14.1. The van der Waals surface area contributed by atoms with E-state index >= 15 is 0 Å². The van der Waals surface area contributed by atoms with Gasteiger partial charge < -0.3 is 15.0 Å². The average Bonchev–Trinajstić information content (AvgIpc) is 3.02. The number of hydrogen-bond donors (Lipinski definition) is 1. The summed E-state index contributed by atoms with van der Waals surface area (Å²) in [6.07, 6.45) is 6.98. The molecule has 1 fully saturated rings. The van der Waals surface area contributed by atoms with Crippen LogP contribution in [0.25, 0.3) is 0 Å². The molecule has 4 rings (SSSR count). The summed E-state index contributed by atoms with van der Waals surface area (Å²) in [5.74, 6) is 0.0268. The van der Waals surface area contributed by atoms with Crippen molar-refractivity contribution in [2.45, 2.75) is 70.0 Å². The van der Waals surface area contributed by atoms with E-state index in [1.54, 1.807) is 41.3 Å². The zero-order chi connectivity index (χ0) is 31.5. The van der Waals surface area contributed by atoms with Gasteiger partial charge in [-0.25, -0.2) is 8.42 Å². The first-order valence-corrected chi connectivity index (χ1v) is 17.4. The molecule has 0 unspecified atom stereocenters. The molecule has 2 amide bonds. The minimum atomic E-state index is -3.66. The zero-order valence-corrected chi connectivity index (χ0v) is 27.0. The Morgan fingerprint density at radius 1 is 0.932 bits per heavy atom. The first-order chi connectivity index (χ1) is 21.2. The van der Waals surface area contributed by atoms with Gasteiger partial charge in [0.05, 0.1) is 19.1 Å². The Labute approximate surface area is 266 Å². The number of anilines is 1. The van der Waals surface area contributed by atoms with Crippen molar-refractivity contribution >= 4 is 39.1 Å². The van der Waals surface area contributed by atoms with E-state index in [1.165, 1.54) is 17.8 Å². The van der Waals surface area contributed by atoms with Crippen LogP contribution in [0, 0.1) is 0 Å². The van der Waals surface area contributed by atoms with Gasteiger partial charge in [0, 0.05) is 37.0 Å². The Morgan fingerprint density at radius 2 is 1.59 bits per heavy atom. The molecule has 10 heteroatoms. The summed E-state index contributed by atoms with van der Waals surface area (Å²) in [5, 5.41) is 3.83. The normalized spacial score (nSPS) is 14.4. The average molecular weight is 640 g/mol. The number of methoxy groups -OCH3 is 1. The lowest BCUT2D eigenvalue weighted by molar-refractivity contribution is -0.141. The number of halogens is 1. The van der Waals surface area contributed by atoms with Gasteiger partial charge in [0.2, 0.25) is 21.8 Å². The lowest BCUT2D eigenvalue weighted by atomic mass is 9.94. The summed E-state index contributed by atoms with van der Waals surface area (Å²) >= 11 is 6.14. The van der Waals surface area contributed by atoms with Crippen LogP contribution in [0.4, 0.5) is 5.69 Å². The molecule has 1 atom stereocenters. The van der Waals surface area contributed by atoms with Crippen LogP contribution in [0.15, 0.2) is 78.9 Å². The number of nitrogens with zero attached hydrogens (tertiary/aromatic N) is 2. The second-order valence-corrected chi connectivity index (χ2v) is 13.7. The minimum absolute atomic E-state index is 0.0523. The molecule has 3 aromatic rings. The second-order valence-electron chi connectivity index (χ2n) is 11.3. The van der Waals surface area contributed by atoms with E-state index in [1.807, 2.05) is 42.5 Å². The lowest BCUT2D eigenvalue weighted by Gasteiger charge is -2.34. The molecule has 8 nitrogen and oxygen atoms in total. The van der Waals surface area contributed by atoms with E-state index in [9.17, 15) is 18.0 Å². The number of sulfonamides is 1. The first kappa shape index (κ1) is 33.3. The number of hydrogen-bond acceptors (Lipinski definition) is 5. The van der Waals surface area contributed by atoms with Crippen LogP contribution in [0.5, 0.6) is 5.75 Å². The topological polar surface area (TPSA) is 96.0 Å². The predicted molar refractivity (Wildman–Crippen MR) is 175 cm³/mol. The van der Waals surface area contributed by atoms with Crippen molar-refractivity contribution in [2.24, 2.45) is 0 Å². The molecule has 0 radical (unpaired) electrons. The van der Waals surface area contributed by atoms with Crippen LogP contribution in [0.1, 0.15) is 56.1 Å². The van der Waals surface area contributed by atoms with E-state index in [4.69, 9.17) is 16.3 Å². The van der Waals surface area contributed by atoms with Crippen LogP contribution >= 0.6 is 11.6 Å². The third kappa shape index (κ3) is 9.47. The van der Waals surface area contributed by atoms with Gasteiger partial charge >= 0.3 is 0 Å². The third-order valence-electron chi connectivity index (χ3n) is 7.99. The van der Waals surface area contributed by atoms with Gasteiger partial charge in [0.1, 0.15) is 11.8 Å². The van der Waals surface area contributed by atoms with Crippen LogP contribution in [0.2, 0.25) is 5.02 Å². The van der Waals surface area contributed by atoms with Crippen LogP contribution < -0.4 is 14.4 Å². The highest BCUT2D eigenvalue weighted by atomic mass is 35.5. The lowest BCUT2D eigenvalue weighted by Crippen LogP contribution is -2.52. The molecule has 1 aliphatic rings. The monoisotopic (exact) mass is 639 g/mol. The molecule has 1 N–H and O–H groups in total. The number of para-hydroxylation sites is 2. The van der Waals surface area contributed by atoms with Crippen molar-refractivity contribution in [2.75, 3.05) is 24.2 Å². The van der Waals surface area contributed by atoms with Crippen molar-refractivity contribution < 1.29 is 22.7 Å². The molecular formula is C34H42ClN3O5S. The summed E-state index contributed by atoms with van der Waals surface area (Å²) in [6, 6.07) is 23.2. The van der Waals surface area contributed by atoms with Gasteiger partial charge in [-0.15, -0.1) is 0 Å². The van der Waals surface area contributed by atoms with Gasteiger partial charge in [-0.05, 0) is 54.7 Å². The number of nitrogens with one attached hydrogen (secondary N) is 1. The molecular weight excluding hydrogens is 598 g/mol. The van der Waals surface area contributed by atoms with Crippen LogP contribution in [-0.4, -0.2) is 57.1 Å². The number of rotatable bonds is 14. The Kier molecular flexibility index (Phi) is 12.1. The van der Waals surface area contributed by atoms with E-state index in [-0.39, 0.29) is 43.8 Å². The third-order valence-corrected chi connectivity index (χ3v) is 9.43. The predicted octanol–water partition coefficient (Wildman–Crippen LogP) is 5.98. The second kappa shape index (κ2) is 16.0. The SMILES string of the molecule is COc1ccccc1N(CCCC(=O)N(Cc1ccc(Cl)cc1)[C@@H](Cc1ccccc1)C(=O)NC1CCCCC1)S(C)(=O)=O. The van der Waals surface area contributed by atoms with Crippen molar-refractivity contribution in [3.8, 4) is 5.75 Å². The largest absolute Gasteiger partial charge is 0.495 e. The van der Waals surface area contributed by atoms with Gasteiger partial charge in [0.25, 0.3) is 0 Å². The highest BCUT2D eigenvalue weighted by molar-refractivity contribution is 7.92. The summed E-state index contributed by atoms with van der Waals surface area (Å²) in [4.78, 5) is 29.6. The van der Waals surface area contributed by atoms with Gasteiger partial charge in [-0.2, -0.15) is 0 Å². The molecule has 0 aliphatic heterocycles. The van der Waals surface area contributed by atoms with Crippen molar-refractivity contribution in [1.82, 2.24) is 10.2 Å². The molecule has 236 valence electrons. The molecule has 1 saturated carbocycles. The standard InChI is InChI=1S/C34H42ClN3O5S/c1-43-32-17-10-9-16-30(32)38(44(2,41)42)23-11-18-33(39)37(25-27-19-21-28(35)22-20-27)31(24-26-12-5-3-6-13-26)34(40)36-29-14-7-4-8-15-29/h3,5-6,9-10,12-13,16-17,19-22,29,31H,4,7-8,11,14-15,18,23-25H2,1-2H3,(H,36,40)/t31-/m0/s1. The van der Waals surface area contributed by atoms with Gasteiger partial charge in [0.15, 0.2) is 0 Å². The zero-order valence-electron chi connectivity index (χ0n) is 25.5. The molecule has 1 aliphatic carbocycles. The summed E-state index contributed by atoms with van der Waals surface area (Å²) in [6.45, 7) is 0.297. The molecule has 0 bridgehead atoms. The number of carbonyl (C=O) groups is 2. The molecule has 0 heterocycles. The van der Waals surface area contributed by atoms with Gasteiger partial charge in [-0.1, -0.05) is 85.5 Å². The Morgan fingerprint density at radius 3 is 2.25 bits per heavy atom. The van der Waals surface area contributed by atoms with E-state index in [0.717, 1.165) is 43.1 Å². The maximum Gasteiger partial charge on any atom is 0.243 e. The van der Waals surface area contributed by atoms with Crippen molar-refractivity contribution in [1.29, 1.82) is 0 Å². The summed E-state index contributed by atoms with van der Waals surface area (Å²) in [5.41, 5.74) is 2.21. The summed E-state index contributed by atoms with van der Waals surface area (Å²) in [7, 11) is -2.17. The molecule has 0 aromatic heterocycles. The van der Waals surface area contributed by atoms with E-state index in [2.05, 4.69) is 5.32 Å². The molecule has 0 spiro atoms. The molecule has 44 heavy (non-hydrogen) atoms. The number of ether oxygens (including phenoxy) is 1. The fraction of sp³-hybridized carbons (Fsp3) is 0.412. The number of amides is 2. The van der Waals surface area contributed by atoms with Crippen molar-refractivity contribution in [3.63, 3.8) is 0 Å². The van der Waals surface area contributed by atoms with E-state index < -0.39 is 16.1 Å². The maximum atomic E-state index is 14.1. The summed E-state index contributed by atoms with van der Waals surface area (Å²) < 4.78 is 32.2. The Hall–Kier alpha value is -3.56. The van der Waals surface area contributed by atoms with Crippen LogP contribution in [0.3, 0.4) is 0 Å². The first-order valence-electron chi connectivity index (χ1n) is 15.1. The Balaban J connectivity index is 1.59. The van der Waals surface area contributed by atoms with Crippen molar-refractivity contribution in [3.05, 3.63) is 95.0 Å². The number of benzene rings is 3. The molecule has 3 aromatic carbocycles. The highest BCUT2D eigenvalue weighted by Gasteiger charge is 2.32. The van der Waals surface area contributed by atoms with Gasteiger partial charge in [-0.3, -0.25) is 13.9 Å².